The van der Waals surface area contributed by atoms with E-state index in [2.05, 4.69) is 11.7 Å². The van der Waals surface area contributed by atoms with Crippen LogP contribution < -0.4 is 0 Å². The Kier molecular flexibility index (Phi) is 10.5. The van der Waals surface area contributed by atoms with Crippen LogP contribution in [0.1, 0.15) is 64.7 Å². The molecule has 0 fully saturated rings. The minimum atomic E-state index is -0.342. The van der Waals surface area contributed by atoms with Gasteiger partial charge < -0.3 is 9.84 Å². The van der Waals surface area contributed by atoms with E-state index in [1.54, 1.807) is 0 Å². The molecule has 0 heterocycles. The highest BCUT2D eigenvalue weighted by Crippen LogP contribution is 2.11. The highest BCUT2D eigenvalue weighted by molar-refractivity contribution is 5.69. The van der Waals surface area contributed by atoms with Crippen LogP contribution in [0.5, 0.6) is 0 Å². The third-order valence-electron chi connectivity index (χ3n) is 2.80. The number of methoxy groups -OCH3 is 1. The number of rotatable bonds is 10. The lowest BCUT2D eigenvalue weighted by Crippen LogP contribution is -2.10. The summed E-state index contributed by atoms with van der Waals surface area (Å²) in [5, 5.41) is 9.59. The molecule has 0 aromatic heterocycles. The van der Waals surface area contributed by atoms with E-state index in [-0.39, 0.29) is 12.1 Å². The Balaban J connectivity index is 3.23. The molecule has 0 aliphatic rings. The molecule has 16 heavy (non-hydrogen) atoms. The number of aliphatic hydroxyl groups is 1. The molecule has 0 rings (SSSR count). The molecule has 0 aromatic rings. The number of hydrogen-bond acceptors (Lipinski definition) is 3. The molecule has 1 unspecified atom stereocenters. The lowest BCUT2D eigenvalue weighted by atomic mass is 10.0. The first-order valence-corrected chi connectivity index (χ1v) is 6.45. The Morgan fingerprint density at radius 2 is 1.75 bits per heavy atom. The van der Waals surface area contributed by atoms with Crippen molar-refractivity contribution in [1.29, 1.82) is 0 Å². The fraction of sp³-hybridized carbons (Fsp3) is 0.923. The molecule has 96 valence electrons. The minimum absolute atomic E-state index is 0.234. The van der Waals surface area contributed by atoms with Gasteiger partial charge in [-0.3, -0.25) is 4.79 Å². The van der Waals surface area contributed by atoms with Gasteiger partial charge in [-0.05, 0) is 12.8 Å². The van der Waals surface area contributed by atoms with Gasteiger partial charge in [0, 0.05) is 6.42 Å². The molecule has 3 nitrogen and oxygen atoms in total. The minimum Gasteiger partial charge on any atom is -0.469 e. The average molecular weight is 230 g/mol. The summed E-state index contributed by atoms with van der Waals surface area (Å²) in [5.74, 6) is -0.234. The number of carbonyl (C=O) groups excluding carboxylic acids is 1. The van der Waals surface area contributed by atoms with Crippen LogP contribution in [0.2, 0.25) is 0 Å². The van der Waals surface area contributed by atoms with Crippen LogP contribution in [0.4, 0.5) is 0 Å². The van der Waals surface area contributed by atoms with Crippen molar-refractivity contribution in [3.05, 3.63) is 0 Å². The number of hydrogen-bond donors (Lipinski definition) is 1. The van der Waals surface area contributed by atoms with E-state index < -0.39 is 0 Å². The van der Waals surface area contributed by atoms with E-state index in [1.165, 1.54) is 39.2 Å². The zero-order valence-electron chi connectivity index (χ0n) is 10.7. The summed E-state index contributed by atoms with van der Waals surface area (Å²) >= 11 is 0. The molecule has 0 amide bonds. The first-order chi connectivity index (χ1) is 7.70. The van der Waals surface area contributed by atoms with Crippen molar-refractivity contribution < 1.29 is 14.6 Å². The molecule has 0 radical (unpaired) electrons. The van der Waals surface area contributed by atoms with E-state index >= 15 is 0 Å². The van der Waals surface area contributed by atoms with Gasteiger partial charge in [0.25, 0.3) is 0 Å². The first-order valence-electron chi connectivity index (χ1n) is 6.45. The van der Waals surface area contributed by atoms with Crippen LogP contribution in [0.25, 0.3) is 0 Å². The van der Waals surface area contributed by atoms with E-state index in [4.69, 9.17) is 0 Å². The summed E-state index contributed by atoms with van der Waals surface area (Å²) in [4.78, 5) is 10.8. The summed E-state index contributed by atoms with van der Waals surface area (Å²) < 4.78 is 4.52. The number of ether oxygens (including phenoxy) is 1. The third-order valence-corrected chi connectivity index (χ3v) is 2.80. The highest BCUT2D eigenvalue weighted by Gasteiger charge is 2.07. The molecular weight excluding hydrogens is 204 g/mol. The van der Waals surface area contributed by atoms with E-state index in [0.29, 0.717) is 12.8 Å². The Morgan fingerprint density at radius 1 is 1.12 bits per heavy atom. The molecule has 0 aromatic carbocycles. The molecule has 0 spiro atoms. The molecular formula is C13H26O3. The maximum atomic E-state index is 10.8. The monoisotopic (exact) mass is 230 g/mol. The fourth-order valence-corrected chi connectivity index (χ4v) is 1.69. The quantitative estimate of drug-likeness (QED) is 0.463. The summed E-state index contributed by atoms with van der Waals surface area (Å²) in [6, 6.07) is 0. The molecule has 3 heteroatoms. The first kappa shape index (κ1) is 15.4. The average Bonchev–Trinajstić information content (AvgIpc) is 2.30. The zero-order valence-corrected chi connectivity index (χ0v) is 10.7. The largest absolute Gasteiger partial charge is 0.469 e. The van der Waals surface area contributed by atoms with E-state index in [0.717, 1.165) is 12.8 Å². The second-order valence-electron chi connectivity index (χ2n) is 4.33. The van der Waals surface area contributed by atoms with E-state index in [9.17, 15) is 9.90 Å². The van der Waals surface area contributed by atoms with Crippen LogP contribution in [0.3, 0.4) is 0 Å². The lowest BCUT2D eigenvalue weighted by Gasteiger charge is -2.09. The maximum Gasteiger partial charge on any atom is 0.305 e. The second kappa shape index (κ2) is 10.9. The standard InChI is InChI=1S/C13H26O3/c1-3-4-5-6-7-8-9-12(14)10-11-13(15)16-2/h12,14H,3-11H2,1-2H3. The normalized spacial score (nSPS) is 12.4. The molecule has 1 atom stereocenters. The van der Waals surface area contributed by atoms with Gasteiger partial charge in [-0.1, -0.05) is 45.4 Å². The topological polar surface area (TPSA) is 46.5 Å². The van der Waals surface area contributed by atoms with Crippen molar-refractivity contribution in [1.82, 2.24) is 0 Å². The molecule has 0 saturated heterocycles. The van der Waals surface area contributed by atoms with Gasteiger partial charge in [0.15, 0.2) is 0 Å². The lowest BCUT2D eigenvalue weighted by molar-refractivity contribution is -0.141. The van der Waals surface area contributed by atoms with Gasteiger partial charge in [-0.2, -0.15) is 0 Å². The number of esters is 1. The van der Waals surface area contributed by atoms with Crippen molar-refractivity contribution in [2.75, 3.05) is 7.11 Å². The van der Waals surface area contributed by atoms with Crippen molar-refractivity contribution in [2.24, 2.45) is 0 Å². The summed E-state index contributed by atoms with van der Waals surface area (Å²) in [6.45, 7) is 2.20. The predicted molar refractivity (Wildman–Crippen MR) is 65.2 cm³/mol. The van der Waals surface area contributed by atoms with Gasteiger partial charge in [0.05, 0.1) is 13.2 Å². The number of unbranched alkanes of at least 4 members (excludes halogenated alkanes) is 5. The zero-order chi connectivity index (χ0) is 12.2. The van der Waals surface area contributed by atoms with Crippen LogP contribution >= 0.6 is 0 Å². The van der Waals surface area contributed by atoms with Crippen LogP contribution in [0, 0.1) is 0 Å². The Hall–Kier alpha value is -0.570. The third kappa shape index (κ3) is 9.97. The van der Waals surface area contributed by atoms with Crippen LogP contribution in [0.15, 0.2) is 0 Å². The van der Waals surface area contributed by atoms with Gasteiger partial charge in [0.1, 0.15) is 0 Å². The fourth-order valence-electron chi connectivity index (χ4n) is 1.69. The smallest absolute Gasteiger partial charge is 0.305 e. The predicted octanol–water partition coefficient (Wildman–Crippen LogP) is 3.05. The van der Waals surface area contributed by atoms with Crippen LogP contribution in [-0.2, 0) is 9.53 Å². The summed E-state index contributed by atoms with van der Waals surface area (Å²) in [5.41, 5.74) is 0. The van der Waals surface area contributed by atoms with Crippen molar-refractivity contribution in [3.8, 4) is 0 Å². The molecule has 0 bridgehead atoms. The molecule has 0 saturated carbocycles. The summed E-state index contributed by atoms with van der Waals surface area (Å²) in [6.07, 6.45) is 8.71. The van der Waals surface area contributed by atoms with Gasteiger partial charge >= 0.3 is 5.97 Å². The van der Waals surface area contributed by atoms with E-state index in [1.807, 2.05) is 0 Å². The Morgan fingerprint density at radius 3 is 2.38 bits per heavy atom. The summed E-state index contributed by atoms with van der Waals surface area (Å²) in [7, 11) is 1.38. The highest BCUT2D eigenvalue weighted by atomic mass is 16.5. The Labute approximate surface area is 99.2 Å². The van der Waals surface area contributed by atoms with Crippen molar-refractivity contribution in [3.63, 3.8) is 0 Å². The van der Waals surface area contributed by atoms with Gasteiger partial charge in [-0.15, -0.1) is 0 Å². The van der Waals surface area contributed by atoms with Crippen molar-refractivity contribution in [2.45, 2.75) is 70.8 Å². The van der Waals surface area contributed by atoms with Crippen LogP contribution in [-0.4, -0.2) is 24.3 Å². The number of carbonyl (C=O) groups is 1. The van der Waals surface area contributed by atoms with Crippen molar-refractivity contribution >= 4 is 5.97 Å². The molecule has 0 aliphatic carbocycles. The van der Waals surface area contributed by atoms with Gasteiger partial charge in [0.2, 0.25) is 0 Å². The van der Waals surface area contributed by atoms with Gasteiger partial charge in [-0.25, -0.2) is 0 Å². The Bertz CT molecular complexity index is 169. The molecule has 1 N–H and O–H groups in total. The number of aliphatic hydroxyl groups excluding tert-OH is 1. The molecule has 0 aliphatic heterocycles. The second-order valence-corrected chi connectivity index (χ2v) is 4.33. The SMILES string of the molecule is CCCCCCCCC(O)CCC(=O)OC. The maximum absolute atomic E-state index is 10.8.